The first-order valence-corrected chi connectivity index (χ1v) is 17.1. The second-order valence-electron chi connectivity index (χ2n) is 12.6. The number of benzene rings is 8. The van der Waals surface area contributed by atoms with Gasteiger partial charge in [-0.25, -0.2) is 0 Å². The molecule has 1 aromatic heterocycles. The maximum absolute atomic E-state index is 2.41. The predicted octanol–water partition coefficient (Wildman–Crippen LogP) is 13.3. The third-order valence-corrected chi connectivity index (χ3v) is 9.58. The second-order valence-corrected chi connectivity index (χ2v) is 12.6. The summed E-state index contributed by atoms with van der Waals surface area (Å²) in [5, 5.41) is 2.52. The normalized spacial score (nSPS) is 11.2. The van der Waals surface area contributed by atoms with Crippen LogP contribution in [-0.2, 0) is 0 Å². The minimum absolute atomic E-state index is 1.09. The molecule has 2 nitrogen and oxygen atoms in total. The highest BCUT2D eigenvalue weighted by Crippen LogP contribution is 2.44. The molecule has 0 unspecified atom stereocenters. The molecule has 0 aliphatic carbocycles. The maximum Gasteiger partial charge on any atom is 0.0541 e. The number of para-hydroxylation sites is 4. The summed E-state index contributed by atoms with van der Waals surface area (Å²) in [6, 6.07) is 74.1. The van der Waals surface area contributed by atoms with E-state index in [0.717, 1.165) is 28.3 Å². The Morgan fingerprint density at radius 3 is 1.56 bits per heavy atom. The van der Waals surface area contributed by atoms with E-state index < -0.39 is 0 Å². The summed E-state index contributed by atoms with van der Waals surface area (Å²) in [5.41, 5.74) is 14.0. The van der Waals surface area contributed by atoms with Crippen LogP contribution in [0.25, 0.3) is 60.9 Å². The lowest BCUT2D eigenvalue weighted by Crippen LogP contribution is -2.11. The standard InChI is InChI=1S/C48H34N2/c1-4-17-35(18-5-1)37-31-32-48(44(34-37)36-19-6-2-7-20-36)49(39-22-8-3-9-23-39)40-24-16-21-38(33-40)41-25-10-13-28-45(41)50-46-29-14-11-26-42(46)43-27-12-15-30-47(43)50/h1-34H. The zero-order chi connectivity index (χ0) is 33.3. The summed E-state index contributed by atoms with van der Waals surface area (Å²) in [4.78, 5) is 2.39. The van der Waals surface area contributed by atoms with E-state index in [2.05, 4.69) is 216 Å². The van der Waals surface area contributed by atoms with Gasteiger partial charge in [-0.15, -0.1) is 0 Å². The lowest BCUT2D eigenvalue weighted by molar-refractivity contribution is 1.18. The summed E-state index contributed by atoms with van der Waals surface area (Å²) in [7, 11) is 0. The highest BCUT2D eigenvalue weighted by Gasteiger charge is 2.20. The Kier molecular flexibility index (Phi) is 7.53. The minimum Gasteiger partial charge on any atom is -0.310 e. The molecular weight excluding hydrogens is 605 g/mol. The maximum atomic E-state index is 2.41. The highest BCUT2D eigenvalue weighted by molar-refractivity contribution is 6.09. The van der Waals surface area contributed by atoms with Crippen molar-refractivity contribution in [2.24, 2.45) is 0 Å². The Bertz CT molecular complexity index is 2530. The Hall–Kier alpha value is -6.64. The number of hydrogen-bond donors (Lipinski definition) is 0. The SMILES string of the molecule is c1ccc(-c2ccc(N(c3ccccc3)c3cccc(-c4ccccc4-n4c5ccccc5c5ccccc54)c3)c(-c3ccccc3)c2)cc1. The molecule has 2 heteroatoms. The van der Waals surface area contributed by atoms with Crippen molar-refractivity contribution in [2.45, 2.75) is 0 Å². The molecule has 9 aromatic rings. The van der Waals surface area contributed by atoms with Crippen LogP contribution in [0.2, 0.25) is 0 Å². The molecular formula is C48H34N2. The van der Waals surface area contributed by atoms with Crippen LogP contribution in [0.5, 0.6) is 0 Å². The molecule has 50 heavy (non-hydrogen) atoms. The monoisotopic (exact) mass is 638 g/mol. The van der Waals surface area contributed by atoms with E-state index in [1.54, 1.807) is 0 Å². The third kappa shape index (κ3) is 5.24. The van der Waals surface area contributed by atoms with Gasteiger partial charge >= 0.3 is 0 Å². The van der Waals surface area contributed by atoms with Crippen molar-refractivity contribution in [1.29, 1.82) is 0 Å². The lowest BCUT2D eigenvalue weighted by Gasteiger charge is -2.29. The Balaban J connectivity index is 1.24. The Morgan fingerprint density at radius 2 is 0.860 bits per heavy atom. The van der Waals surface area contributed by atoms with Crippen molar-refractivity contribution >= 4 is 38.9 Å². The molecule has 0 aliphatic rings. The van der Waals surface area contributed by atoms with E-state index in [4.69, 9.17) is 0 Å². The average molecular weight is 639 g/mol. The van der Waals surface area contributed by atoms with Crippen molar-refractivity contribution in [3.63, 3.8) is 0 Å². The van der Waals surface area contributed by atoms with E-state index in [1.807, 2.05) is 0 Å². The van der Waals surface area contributed by atoms with Gasteiger partial charge < -0.3 is 9.47 Å². The van der Waals surface area contributed by atoms with Gasteiger partial charge in [-0.05, 0) is 76.9 Å². The van der Waals surface area contributed by atoms with Gasteiger partial charge in [0, 0.05) is 33.3 Å². The zero-order valence-corrected chi connectivity index (χ0v) is 27.5. The molecule has 0 amide bonds. The molecule has 236 valence electrons. The summed E-state index contributed by atoms with van der Waals surface area (Å²) < 4.78 is 2.41. The van der Waals surface area contributed by atoms with E-state index >= 15 is 0 Å². The largest absolute Gasteiger partial charge is 0.310 e. The van der Waals surface area contributed by atoms with Crippen LogP contribution in [0.1, 0.15) is 0 Å². The van der Waals surface area contributed by atoms with Gasteiger partial charge in [0.2, 0.25) is 0 Å². The Morgan fingerprint density at radius 1 is 0.320 bits per heavy atom. The predicted molar refractivity (Wildman–Crippen MR) is 212 cm³/mol. The van der Waals surface area contributed by atoms with Crippen molar-refractivity contribution in [2.75, 3.05) is 4.90 Å². The van der Waals surface area contributed by atoms with Crippen molar-refractivity contribution in [3.8, 4) is 39.1 Å². The first kappa shape index (κ1) is 29.5. The number of rotatable bonds is 7. The van der Waals surface area contributed by atoms with Crippen molar-refractivity contribution in [3.05, 3.63) is 206 Å². The second kappa shape index (κ2) is 12.8. The summed E-state index contributed by atoms with van der Waals surface area (Å²) in [6.45, 7) is 0. The average Bonchev–Trinajstić information content (AvgIpc) is 3.54. The molecule has 0 bridgehead atoms. The molecule has 0 spiro atoms. The Labute approximate surface area is 292 Å². The highest BCUT2D eigenvalue weighted by atomic mass is 15.1. The van der Waals surface area contributed by atoms with Crippen LogP contribution in [0.3, 0.4) is 0 Å². The zero-order valence-electron chi connectivity index (χ0n) is 27.5. The van der Waals surface area contributed by atoms with E-state index in [1.165, 1.54) is 49.6 Å². The van der Waals surface area contributed by atoms with E-state index in [0.29, 0.717) is 0 Å². The van der Waals surface area contributed by atoms with Gasteiger partial charge in [0.15, 0.2) is 0 Å². The first-order chi connectivity index (χ1) is 24.8. The van der Waals surface area contributed by atoms with Gasteiger partial charge in [0.25, 0.3) is 0 Å². The van der Waals surface area contributed by atoms with Gasteiger partial charge in [-0.2, -0.15) is 0 Å². The fourth-order valence-corrected chi connectivity index (χ4v) is 7.30. The van der Waals surface area contributed by atoms with Crippen LogP contribution in [0.15, 0.2) is 206 Å². The number of aromatic nitrogens is 1. The molecule has 0 saturated carbocycles. The van der Waals surface area contributed by atoms with Crippen LogP contribution in [0, 0.1) is 0 Å². The van der Waals surface area contributed by atoms with Gasteiger partial charge in [0.1, 0.15) is 0 Å². The van der Waals surface area contributed by atoms with Crippen LogP contribution in [0.4, 0.5) is 17.1 Å². The van der Waals surface area contributed by atoms with Crippen LogP contribution < -0.4 is 4.90 Å². The summed E-state index contributed by atoms with van der Waals surface area (Å²) in [6.07, 6.45) is 0. The smallest absolute Gasteiger partial charge is 0.0541 e. The number of nitrogens with zero attached hydrogens (tertiary/aromatic N) is 2. The quantitative estimate of drug-likeness (QED) is 0.169. The topological polar surface area (TPSA) is 8.17 Å². The number of fused-ring (bicyclic) bond motifs is 3. The molecule has 9 rings (SSSR count). The van der Waals surface area contributed by atoms with Gasteiger partial charge in [-0.3, -0.25) is 0 Å². The van der Waals surface area contributed by atoms with Crippen LogP contribution in [-0.4, -0.2) is 4.57 Å². The number of hydrogen-bond acceptors (Lipinski definition) is 1. The molecule has 8 aromatic carbocycles. The fourth-order valence-electron chi connectivity index (χ4n) is 7.30. The molecule has 0 N–H and O–H groups in total. The fraction of sp³-hybridized carbons (Fsp3) is 0. The van der Waals surface area contributed by atoms with E-state index in [-0.39, 0.29) is 0 Å². The summed E-state index contributed by atoms with van der Waals surface area (Å²) >= 11 is 0. The first-order valence-electron chi connectivity index (χ1n) is 17.1. The van der Waals surface area contributed by atoms with Gasteiger partial charge in [-0.1, -0.05) is 152 Å². The van der Waals surface area contributed by atoms with Gasteiger partial charge in [0.05, 0.1) is 22.4 Å². The van der Waals surface area contributed by atoms with Crippen LogP contribution >= 0.6 is 0 Å². The molecule has 0 atom stereocenters. The molecule has 0 radical (unpaired) electrons. The summed E-state index contributed by atoms with van der Waals surface area (Å²) in [5.74, 6) is 0. The van der Waals surface area contributed by atoms with Crippen molar-refractivity contribution in [1.82, 2.24) is 4.57 Å². The molecule has 0 aliphatic heterocycles. The third-order valence-electron chi connectivity index (χ3n) is 9.58. The minimum atomic E-state index is 1.09. The number of anilines is 3. The lowest BCUT2D eigenvalue weighted by atomic mass is 9.96. The molecule has 0 fully saturated rings. The molecule has 1 heterocycles. The van der Waals surface area contributed by atoms with Crippen molar-refractivity contribution < 1.29 is 0 Å². The van der Waals surface area contributed by atoms with E-state index in [9.17, 15) is 0 Å². The molecule has 0 saturated heterocycles.